The zero-order chi connectivity index (χ0) is 19.5. The van der Waals surface area contributed by atoms with Crippen LogP contribution in [0.15, 0.2) is 28.5 Å². The largest absolute Gasteiger partial charge is 0.300 e. The summed E-state index contributed by atoms with van der Waals surface area (Å²) in [6.45, 7) is 3.67. The fourth-order valence-corrected chi connectivity index (χ4v) is 6.94. The van der Waals surface area contributed by atoms with Gasteiger partial charge in [0.25, 0.3) is 5.91 Å². The number of hydrogen-bond acceptors (Lipinski definition) is 7. The van der Waals surface area contributed by atoms with Crippen LogP contribution in [0.4, 0.5) is 5.13 Å². The lowest BCUT2D eigenvalue weighted by Crippen LogP contribution is -2.52. The first-order valence-electron chi connectivity index (χ1n) is 7.98. The van der Waals surface area contributed by atoms with Crippen molar-refractivity contribution in [3.8, 4) is 0 Å². The number of hydrogen-bond donors (Lipinski definition) is 1. The van der Waals surface area contributed by atoms with Gasteiger partial charge in [0.05, 0.1) is 10.6 Å². The summed E-state index contributed by atoms with van der Waals surface area (Å²) in [4.78, 5) is 30.0. The number of thiazole rings is 1. The Morgan fingerprint density at radius 2 is 2.04 bits per heavy atom. The van der Waals surface area contributed by atoms with Crippen LogP contribution >= 0.6 is 22.7 Å². The molecule has 3 aromatic rings. The second-order valence-electron chi connectivity index (χ2n) is 6.33. The second-order valence-corrected chi connectivity index (χ2v) is 10.2. The highest BCUT2D eigenvalue weighted by molar-refractivity contribution is 7.89. The molecular weight excluding hydrogens is 406 g/mol. The summed E-state index contributed by atoms with van der Waals surface area (Å²) in [6, 6.07) is 3.89. The van der Waals surface area contributed by atoms with Gasteiger partial charge in [0.2, 0.25) is 15.8 Å². The predicted molar refractivity (Wildman–Crippen MR) is 105 cm³/mol. The average molecular weight is 422 g/mol. The summed E-state index contributed by atoms with van der Waals surface area (Å²) < 4.78 is 27.7. The molecule has 0 bridgehead atoms. The molecule has 1 unspecified atom stereocenters. The van der Waals surface area contributed by atoms with E-state index in [9.17, 15) is 18.0 Å². The molecule has 4 rings (SSSR count). The molecule has 1 aliphatic heterocycles. The Hall–Kier alpha value is -2.14. The van der Waals surface area contributed by atoms with E-state index in [0.29, 0.717) is 15.2 Å². The zero-order valence-electron chi connectivity index (χ0n) is 14.6. The number of carbonyl (C=O) groups excluding carboxylic acids is 2. The van der Waals surface area contributed by atoms with Crippen molar-refractivity contribution in [1.82, 2.24) is 9.29 Å². The Balaban J connectivity index is 1.82. The predicted octanol–water partition coefficient (Wildman–Crippen LogP) is 2.80. The molecule has 0 saturated carbocycles. The molecule has 1 aromatic carbocycles. The smallest absolute Gasteiger partial charge is 0.252 e. The number of sulfonamides is 1. The third kappa shape index (κ3) is 2.80. The molecule has 0 aliphatic carbocycles. The van der Waals surface area contributed by atoms with Gasteiger partial charge in [-0.2, -0.15) is 4.31 Å². The molecule has 7 nitrogen and oxygen atoms in total. The van der Waals surface area contributed by atoms with Gasteiger partial charge in [0.15, 0.2) is 11.2 Å². The van der Waals surface area contributed by atoms with Gasteiger partial charge in [-0.25, -0.2) is 13.4 Å². The van der Waals surface area contributed by atoms with E-state index >= 15 is 0 Å². The molecule has 1 amide bonds. The van der Waals surface area contributed by atoms with Gasteiger partial charge in [0.1, 0.15) is 4.90 Å². The van der Waals surface area contributed by atoms with Gasteiger partial charge in [-0.3, -0.25) is 9.59 Å². The molecular formula is C17H15N3O4S3. The van der Waals surface area contributed by atoms with Gasteiger partial charge in [-0.05, 0) is 25.5 Å². The maximum Gasteiger partial charge on any atom is 0.252 e. The highest BCUT2D eigenvalue weighted by atomic mass is 32.2. The molecule has 1 atom stereocenters. The van der Waals surface area contributed by atoms with Crippen molar-refractivity contribution in [3.05, 3.63) is 39.7 Å². The molecule has 2 aromatic heterocycles. The van der Waals surface area contributed by atoms with Crippen LogP contribution in [-0.4, -0.2) is 42.5 Å². The molecule has 10 heteroatoms. The monoisotopic (exact) mass is 421 g/mol. The van der Waals surface area contributed by atoms with E-state index in [1.807, 2.05) is 13.0 Å². The van der Waals surface area contributed by atoms with Gasteiger partial charge < -0.3 is 5.32 Å². The number of nitrogens with zero attached hydrogens (tertiary/aromatic N) is 2. The molecule has 0 saturated heterocycles. The lowest BCUT2D eigenvalue weighted by atomic mass is 10.1. The first-order valence-corrected chi connectivity index (χ1v) is 11.1. The lowest BCUT2D eigenvalue weighted by molar-refractivity contribution is -0.118. The van der Waals surface area contributed by atoms with E-state index in [4.69, 9.17) is 0 Å². The number of nitrogens with one attached hydrogen (secondary N) is 1. The number of anilines is 1. The number of benzene rings is 1. The third-order valence-corrected chi connectivity index (χ3v) is 8.45. The van der Waals surface area contributed by atoms with Crippen molar-refractivity contribution in [2.45, 2.75) is 24.8 Å². The van der Waals surface area contributed by atoms with Crippen molar-refractivity contribution >= 4 is 59.6 Å². The van der Waals surface area contributed by atoms with E-state index in [1.165, 1.54) is 18.4 Å². The SMILES string of the molecule is Cc1ccc2c3c(sc2c1)C(=O)C(C(=O)Nc1nc(C)cs1)N(C)S3(=O)=O. The number of ketones is 1. The molecule has 1 aliphatic rings. The molecule has 0 fully saturated rings. The summed E-state index contributed by atoms with van der Waals surface area (Å²) in [6.07, 6.45) is 0. The van der Waals surface area contributed by atoms with Gasteiger partial charge in [-0.15, -0.1) is 22.7 Å². The summed E-state index contributed by atoms with van der Waals surface area (Å²) in [5.74, 6) is -1.23. The number of aryl methyl sites for hydroxylation is 2. The highest BCUT2D eigenvalue weighted by Crippen LogP contribution is 2.41. The van der Waals surface area contributed by atoms with Crippen LogP contribution in [0.3, 0.4) is 0 Å². The number of thiophene rings is 1. The minimum absolute atomic E-state index is 0.0101. The normalized spacial score (nSPS) is 19.2. The molecule has 3 heterocycles. The maximum atomic E-state index is 13.1. The first kappa shape index (κ1) is 18.2. The molecule has 1 N–H and O–H groups in total. The Labute approximate surface area is 163 Å². The number of likely N-dealkylation sites (N-methyl/N-ethyl adjacent to an activating group) is 1. The third-order valence-electron chi connectivity index (χ3n) is 4.37. The Morgan fingerprint density at radius 1 is 1.30 bits per heavy atom. The Bertz CT molecular complexity index is 1210. The van der Waals surface area contributed by atoms with Crippen LogP contribution in [0, 0.1) is 13.8 Å². The first-order chi connectivity index (χ1) is 12.7. The molecule has 27 heavy (non-hydrogen) atoms. The maximum absolute atomic E-state index is 13.1. The number of amides is 1. The lowest BCUT2D eigenvalue weighted by Gasteiger charge is -2.29. The van der Waals surface area contributed by atoms with Crippen molar-refractivity contribution in [2.75, 3.05) is 12.4 Å². The van der Waals surface area contributed by atoms with Crippen molar-refractivity contribution in [3.63, 3.8) is 0 Å². The molecule has 140 valence electrons. The Morgan fingerprint density at radius 3 is 2.70 bits per heavy atom. The van der Waals surface area contributed by atoms with Gasteiger partial charge in [0, 0.05) is 22.5 Å². The second kappa shape index (κ2) is 6.20. The average Bonchev–Trinajstić information content (AvgIpc) is 3.17. The fourth-order valence-electron chi connectivity index (χ4n) is 3.04. The molecule has 0 spiro atoms. The van der Waals surface area contributed by atoms with Crippen molar-refractivity contribution in [1.29, 1.82) is 0 Å². The number of rotatable bonds is 2. The fraction of sp³-hybridized carbons (Fsp3) is 0.235. The zero-order valence-corrected chi connectivity index (χ0v) is 17.1. The topological polar surface area (TPSA) is 96.4 Å². The molecule has 0 radical (unpaired) electrons. The standard InChI is InChI=1S/C17H15N3O4S3/c1-8-4-5-10-11(6-8)26-14-13(21)12(20(3)27(23,24)15(10)14)16(22)19-17-18-9(2)7-25-17/h4-7,12H,1-3H3,(H,18,19,22). The van der Waals surface area contributed by atoms with Crippen LogP contribution in [0.1, 0.15) is 20.9 Å². The highest BCUT2D eigenvalue weighted by Gasteiger charge is 2.47. The van der Waals surface area contributed by atoms with Crippen LogP contribution in [0.2, 0.25) is 0 Å². The summed E-state index contributed by atoms with van der Waals surface area (Å²) in [5.41, 5.74) is 1.70. The minimum Gasteiger partial charge on any atom is -0.300 e. The van der Waals surface area contributed by atoms with E-state index < -0.39 is 27.8 Å². The summed E-state index contributed by atoms with van der Waals surface area (Å²) >= 11 is 2.33. The minimum atomic E-state index is -3.99. The number of Topliss-reactive ketones (excluding diaryl/α,β-unsaturated/α-hetero) is 1. The Kier molecular flexibility index (Phi) is 4.18. The quantitative estimate of drug-likeness (QED) is 0.642. The summed E-state index contributed by atoms with van der Waals surface area (Å²) in [5, 5.41) is 5.14. The van der Waals surface area contributed by atoms with Crippen molar-refractivity contribution < 1.29 is 18.0 Å². The van der Waals surface area contributed by atoms with Gasteiger partial charge in [-0.1, -0.05) is 12.1 Å². The summed E-state index contributed by atoms with van der Waals surface area (Å²) in [7, 11) is -2.73. The van der Waals surface area contributed by atoms with Crippen LogP contribution in [0.5, 0.6) is 0 Å². The number of fused-ring (bicyclic) bond motifs is 3. The van der Waals surface area contributed by atoms with Crippen LogP contribution < -0.4 is 5.32 Å². The van der Waals surface area contributed by atoms with E-state index in [0.717, 1.165) is 26.9 Å². The van der Waals surface area contributed by atoms with Crippen LogP contribution in [0.25, 0.3) is 10.1 Å². The number of carbonyl (C=O) groups is 2. The van der Waals surface area contributed by atoms with E-state index in [2.05, 4.69) is 10.3 Å². The number of aromatic nitrogens is 1. The van der Waals surface area contributed by atoms with E-state index in [-0.39, 0.29) is 9.77 Å². The van der Waals surface area contributed by atoms with E-state index in [1.54, 1.807) is 24.4 Å². The van der Waals surface area contributed by atoms with Crippen molar-refractivity contribution in [2.24, 2.45) is 0 Å². The van der Waals surface area contributed by atoms with Crippen LogP contribution in [-0.2, 0) is 14.8 Å². The van der Waals surface area contributed by atoms with Gasteiger partial charge >= 0.3 is 0 Å².